The SMILES string of the molecule is C=C1CC(C)(c2ccccc2)N(C)c2cc3c(cc21)B1c2c(ccc4c5cc6c(cc5n-3c24)C(C)(C)c2ccccc2-6)-c2cc3c(cc2N1c1ccc(C(C)(C)C)cc1)sc1ccccc13. The van der Waals surface area contributed by atoms with Gasteiger partial charge in [-0.3, -0.25) is 0 Å². The van der Waals surface area contributed by atoms with Gasteiger partial charge in [-0.2, -0.15) is 0 Å². The molecule has 1 aliphatic carbocycles. The fourth-order valence-electron chi connectivity index (χ4n) is 12.8. The zero-order valence-corrected chi connectivity index (χ0v) is 39.5. The minimum atomic E-state index is -0.260. The average molecular weight is 868 g/mol. The Kier molecular flexibility index (Phi) is 7.43. The number of aromatic nitrogens is 1. The van der Waals surface area contributed by atoms with E-state index < -0.39 is 0 Å². The molecule has 2 aromatic heterocycles. The maximum atomic E-state index is 4.90. The number of thiophene rings is 1. The van der Waals surface area contributed by atoms with Crippen LogP contribution in [0.15, 0.2) is 158 Å². The molecule has 0 radical (unpaired) electrons. The molecule has 0 fully saturated rings. The summed E-state index contributed by atoms with van der Waals surface area (Å²) >= 11 is 1.91. The van der Waals surface area contributed by atoms with E-state index in [-0.39, 0.29) is 23.2 Å². The van der Waals surface area contributed by atoms with E-state index in [1.165, 1.54) is 131 Å². The molecule has 1 atom stereocenters. The molecule has 4 aliphatic rings. The van der Waals surface area contributed by atoms with E-state index in [0.717, 1.165) is 6.42 Å². The van der Waals surface area contributed by atoms with Crippen LogP contribution in [0.2, 0.25) is 0 Å². The van der Waals surface area contributed by atoms with Crippen LogP contribution >= 0.6 is 11.3 Å². The third-order valence-corrected chi connectivity index (χ3v) is 17.5. The molecule has 0 amide bonds. The second-order valence-corrected chi connectivity index (χ2v) is 22.4. The molecule has 3 aliphatic heterocycles. The Bertz CT molecular complexity index is 3810. The molecule has 318 valence electrons. The van der Waals surface area contributed by atoms with Crippen LogP contribution in [0.5, 0.6) is 0 Å². The maximum Gasteiger partial charge on any atom is 0.333 e. The number of rotatable bonds is 2. The molecule has 0 saturated heterocycles. The van der Waals surface area contributed by atoms with Gasteiger partial charge in [0, 0.05) is 77.3 Å². The molecule has 66 heavy (non-hydrogen) atoms. The van der Waals surface area contributed by atoms with E-state index in [2.05, 4.69) is 215 Å². The average Bonchev–Trinajstić information content (AvgIpc) is 3.93. The summed E-state index contributed by atoms with van der Waals surface area (Å²) in [6.45, 7) is 18.9. The van der Waals surface area contributed by atoms with Crippen LogP contribution in [0.25, 0.3) is 75.5 Å². The van der Waals surface area contributed by atoms with Crippen LogP contribution in [0, 0.1) is 0 Å². The van der Waals surface area contributed by atoms with Gasteiger partial charge in [0.2, 0.25) is 0 Å². The van der Waals surface area contributed by atoms with E-state index in [1.807, 2.05) is 11.3 Å². The fourth-order valence-corrected chi connectivity index (χ4v) is 13.9. The highest BCUT2D eigenvalue weighted by atomic mass is 32.1. The van der Waals surface area contributed by atoms with Crippen molar-refractivity contribution >= 4 is 93.7 Å². The highest BCUT2D eigenvalue weighted by molar-refractivity contribution is 7.25. The molecule has 1 unspecified atom stereocenters. The van der Waals surface area contributed by atoms with Gasteiger partial charge in [0.05, 0.1) is 16.6 Å². The number of hydrogen-bond acceptors (Lipinski definition) is 3. The quantitative estimate of drug-likeness (QED) is 0.160. The van der Waals surface area contributed by atoms with Crippen molar-refractivity contribution in [3.63, 3.8) is 0 Å². The van der Waals surface area contributed by atoms with Gasteiger partial charge in [-0.05, 0) is 123 Å². The molecule has 5 heteroatoms. The smallest absolute Gasteiger partial charge is 0.333 e. The summed E-state index contributed by atoms with van der Waals surface area (Å²) < 4.78 is 5.32. The van der Waals surface area contributed by atoms with Crippen LogP contribution in [-0.4, -0.2) is 18.5 Å². The van der Waals surface area contributed by atoms with Gasteiger partial charge in [0.15, 0.2) is 0 Å². The second kappa shape index (κ2) is 12.7. The van der Waals surface area contributed by atoms with E-state index >= 15 is 0 Å². The Labute approximate surface area is 391 Å². The summed E-state index contributed by atoms with van der Waals surface area (Å²) in [5, 5.41) is 5.27. The molecule has 0 saturated carbocycles. The summed E-state index contributed by atoms with van der Waals surface area (Å²) in [6.07, 6.45) is 0.842. The lowest BCUT2D eigenvalue weighted by atomic mass is 9.43. The number of anilines is 3. The zero-order chi connectivity index (χ0) is 44.8. The van der Waals surface area contributed by atoms with Crippen LogP contribution in [0.4, 0.5) is 17.1 Å². The van der Waals surface area contributed by atoms with Crippen molar-refractivity contribution in [1.82, 2.24) is 4.57 Å². The fraction of sp³-hybridized carbons (Fsp3) is 0.180. The molecule has 5 heterocycles. The van der Waals surface area contributed by atoms with Crippen LogP contribution in [0.3, 0.4) is 0 Å². The van der Waals surface area contributed by atoms with Gasteiger partial charge >= 0.3 is 6.85 Å². The van der Waals surface area contributed by atoms with Crippen molar-refractivity contribution in [2.24, 2.45) is 0 Å². The van der Waals surface area contributed by atoms with Crippen molar-refractivity contribution < 1.29 is 0 Å². The van der Waals surface area contributed by atoms with Gasteiger partial charge in [-0.1, -0.05) is 144 Å². The molecular weight excluding hydrogens is 818 g/mol. The molecule has 14 rings (SSSR count). The van der Waals surface area contributed by atoms with Crippen LogP contribution < -0.4 is 20.6 Å². The summed E-state index contributed by atoms with van der Waals surface area (Å²) in [5.74, 6) is 0. The maximum absolute atomic E-state index is 4.90. The highest BCUT2D eigenvalue weighted by Gasteiger charge is 2.47. The van der Waals surface area contributed by atoms with Crippen molar-refractivity contribution in [2.75, 3.05) is 16.8 Å². The first-order valence-corrected chi connectivity index (χ1v) is 24.4. The summed E-state index contributed by atoms with van der Waals surface area (Å²) in [5.41, 5.74) is 23.0. The van der Waals surface area contributed by atoms with Gasteiger partial charge in [-0.15, -0.1) is 11.3 Å². The topological polar surface area (TPSA) is 11.4 Å². The Morgan fingerprint density at radius 2 is 1.33 bits per heavy atom. The summed E-state index contributed by atoms with van der Waals surface area (Å²) in [7, 11) is 2.30. The van der Waals surface area contributed by atoms with Crippen LogP contribution in [-0.2, 0) is 16.4 Å². The van der Waals surface area contributed by atoms with E-state index in [4.69, 9.17) is 6.58 Å². The first kappa shape index (κ1) is 38.5. The lowest BCUT2D eigenvalue weighted by molar-refractivity contribution is 0.466. The molecule has 0 N–H and O–H groups in total. The number of hydrogen-bond donors (Lipinski definition) is 0. The Balaban J connectivity index is 1.13. The Hall–Kier alpha value is -6.82. The summed E-state index contributed by atoms with van der Waals surface area (Å²) in [6, 6.07) is 58.6. The molecule has 10 aromatic rings. The molecule has 8 aromatic carbocycles. The predicted octanol–water partition coefficient (Wildman–Crippen LogP) is 14.8. The Morgan fingerprint density at radius 3 is 2.14 bits per heavy atom. The predicted molar refractivity (Wildman–Crippen MR) is 285 cm³/mol. The van der Waals surface area contributed by atoms with Crippen molar-refractivity contribution in [2.45, 2.75) is 64.3 Å². The molecule has 0 bridgehead atoms. The van der Waals surface area contributed by atoms with Crippen molar-refractivity contribution in [3.8, 4) is 27.9 Å². The summed E-state index contributed by atoms with van der Waals surface area (Å²) in [4.78, 5) is 5.23. The Morgan fingerprint density at radius 1 is 0.591 bits per heavy atom. The second-order valence-electron chi connectivity index (χ2n) is 21.3. The molecule has 0 spiro atoms. The van der Waals surface area contributed by atoms with E-state index in [9.17, 15) is 0 Å². The minimum Gasteiger partial charge on any atom is -0.376 e. The lowest BCUT2D eigenvalue weighted by Gasteiger charge is -2.48. The van der Waals surface area contributed by atoms with Gasteiger partial charge < -0.3 is 14.3 Å². The van der Waals surface area contributed by atoms with Crippen molar-refractivity contribution in [3.05, 3.63) is 186 Å². The number of fused-ring (bicyclic) bond motifs is 15. The van der Waals surface area contributed by atoms with Crippen LogP contribution in [0.1, 0.15) is 75.8 Å². The first-order chi connectivity index (χ1) is 31.8. The van der Waals surface area contributed by atoms with E-state index in [0.29, 0.717) is 0 Å². The largest absolute Gasteiger partial charge is 0.376 e. The third-order valence-electron chi connectivity index (χ3n) is 16.4. The molecular formula is C61H50BN3S. The van der Waals surface area contributed by atoms with E-state index in [1.54, 1.807) is 0 Å². The molecule has 3 nitrogen and oxygen atoms in total. The normalized spacial score (nSPS) is 17.7. The van der Waals surface area contributed by atoms with Gasteiger partial charge in [0.25, 0.3) is 0 Å². The van der Waals surface area contributed by atoms with Gasteiger partial charge in [-0.25, -0.2) is 0 Å². The number of nitrogens with zero attached hydrogens (tertiary/aromatic N) is 3. The minimum absolute atomic E-state index is 0.0355. The van der Waals surface area contributed by atoms with Crippen molar-refractivity contribution in [1.29, 1.82) is 0 Å². The lowest BCUT2D eigenvalue weighted by Crippen LogP contribution is -2.61. The first-order valence-electron chi connectivity index (χ1n) is 23.6. The number of benzene rings is 8. The monoisotopic (exact) mass is 867 g/mol. The third kappa shape index (κ3) is 4.84. The standard InChI is InChI=1S/C61H50BN3S/c1-35-34-61(7,37-16-10-9-11-17-37)63(8)51-32-54-50(30-43(35)51)62-57-41(26-27-42-46-28-44-39-18-12-14-20-48(39)60(5,6)49(44)31-52(46)64(54)58(42)57)45-29-47-40-19-13-15-21-55(40)66-56(47)33-53(45)65(62)38-24-22-36(23-25-38)59(2,3)4/h9-33H,1,34H2,2-8H3. The zero-order valence-electron chi connectivity index (χ0n) is 38.7. The highest BCUT2D eigenvalue weighted by Crippen LogP contribution is 2.54. The van der Waals surface area contributed by atoms with Gasteiger partial charge in [0.1, 0.15) is 0 Å².